The molecule has 0 fully saturated rings. The number of carbonyl (C=O) groups is 4. The number of carbonyl (C=O) groups excluding carboxylic acids is 4. The molecule has 3 N–H and O–H groups in total. The molecule has 0 aliphatic heterocycles. The zero-order valence-electron chi connectivity index (χ0n) is 59.9. The van der Waals surface area contributed by atoms with Crippen LogP contribution in [0.3, 0.4) is 0 Å². The number of aliphatic hydroxyl groups excluding tert-OH is 1. The van der Waals surface area contributed by atoms with Crippen LogP contribution in [0, 0.1) is 11.8 Å². The SMILES string of the molecule is CCCCCCCCCCCCCCCC(=O)O[C@H](COC(=O)CCCCCCCCCCCCCC)COP(=O)(O)OC[C@H](O)COP(=O)(O)OC[C@@H](COC(=O)CCCCCCCCCCCCC(C)C)OC(=O)CCCCCCCCCCCCC(C)CC. The van der Waals surface area contributed by atoms with Crippen molar-refractivity contribution in [1.29, 1.82) is 0 Å². The summed E-state index contributed by atoms with van der Waals surface area (Å²) in [7, 11) is -9.91. The standard InChI is InChI=1S/C73H142O17P2/c1-7-10-12-14-16-18-20-22-24-33-39-45-51-57-72(77)89-68(61-83-70(75)55-49-43-37-31-23-21-19-17-15-13-11-8-2)63-87-91(79,80)85-59-67(74)60-86-92(81,82)88-64-69(62-84-71(76)56-50-44-38-32-27-25-29-35-41-47-53-65(4)5)90-73(78)58-52-46-40-34-28-26-30-36-42-48-54-66(6)9-3/h65-69,74H,7-64H2,1-6H3,(H,79,80)(H,81,82)/t66?,67-,68+,69+/m0/s1. The van der Waals surface area contributed by atoms with Gasteiger partial charge in [-0.25, -0.2) is 9.13 Å². The van der Waals surface area contributed by atoms with Gasteiger partial charge in [0.15, 0.2) is 12.2 Å². The summed E-state index contributed by atoms with van der Waals surface area (Å²) >= 11 is 0. The number of esters is 4. The van der Waals surface area contributed by atoms with Gasteiger partial charge in [-0.2, -0.15) is 0 Å². The Kier molecular flexibility index (Phi) is 63.7. The molecule has 0 spiro atoms. The molecule has 92 heavy (non-hydrogen) atoms. The van der Waals surface area contributed by atoms with Gasteiger partial charge in [-0.15, -0.1) is 0 Å². The molecule has 0 saturated carbocycles. The fraction of sp³-hybridized carbons (Fsp3) is 0.945. The summed E-state index contributed by atoms with van der Waals surface area (Å²) in [6.07, 6.45) is 51.0. The van der Waals surface area contributed by atoms with Crippen molar-refractivity contribution in [1.82, 2.24) is 0 Å². The van der Waals surface area contributed by atoms with Gasteiger partial charge in [0, 0.05) is 25.7 Å². The summed E-state index contributed by atoms with van der Waals surface area (Å²) in [6.45, 7) is 9.60. The van der Waals surface area contributed by atoms with E-state index >= 15 is 0 Å². The largest absolute Gasteiger partial charge is 0.472 e. The first-order valence-electron chi connectivity index (χ1n) is 38.0. The van der Waals surface area contributed by atoms with Crippen LogP contribution in [0.25, 0.3) is 0 Å². The summed E-state index contributed by atoms with van der Waals surface area (Å²) < 4.78 is 68.4. The van der Waals surface area contributed by atoms with E-state index < -0.39 is 97.5 Å². The predicted molar refractivity (Wildman–Crippen MR) is 372 cm³/mol. The second-order valence-corrected chi connectivity index (χ2v) is 30.0. The average Bonchev–Trinajstić information content (AvgIpc) is 2.23. The minimum atomic E-state index is -4.95. The molecular formula is C73H142O17P2. The lowest BCUT2D eigenvalue weighted by molar-refractivity contribution is -0.161. The molecule has 17 nitrogen and oxygen atoms in total. The Morgan fingerprint density at radius 3 is 0.826 bits per heavy atom. The molecule has 0 radical (unpaired) electrons. The zero-order chi connectivity index (χ0) is 67.9. The van der Waals surface area contributed by atoms with E-state index in [4.69, 9.17) is 37.0 Å². The van der Waals surface area contributed by atoms with Crippen molar-refractivity contribution in [3.05, 3.63) is 0 Å². The smallest absolute Gasteiger partial charge is 0.462 e. The highest BCUT2D eigenvalue weighted by atomic mass is 31.2. The number of phosphoric ester groups is 2. The number of ether oxygens (including phenoxy) is 4. The van der Waals surface area contributed by atoms with Gasteiger partial charge >= 0.3 is 39.5 Å². The summed E-state index contributed by atoms with van der Waals surface area (Å²) in [5, 5.41) is 10.6. The molecule has 0 aliphatic carbocycles. The van der Waals surface area contributed by atoms with Crippen molar-refractivity contribution >= 4 is 39.5 Å². The second kappa shape index (κ2) is 65.0. The molecule has 0 bridgehead atoms. The number of hydrogen-bond donors (Lipinski definition) is 3. The second-order valence-electron chi connectivity index (χ2n) is 27.1. The molecule has 0 aromatic carbocycles. The molecule has 0 amide bonds. The monoisotopic (exact) mass is 1350 g/mol. The number of rotatable bonds is 72. The molecule has 0 saturated heterocycles. The fourth-order valence-electron chi connectivity index (χ4n) is 11.1. The van der Waals surface area contributed by atoms with Crippen molar-refractivity contribution in [2.24, 2.45) is 11.8 Å². The summed E-state index contributed by atoms with van der Waals surface area (Å²) in [4.78, 5) is 72.7. The van der Waals surface area contributed by atoms with Crippen LogP contribution >= 0.6 is 15.6 Å². The van der Waals surface area contributed by atoms with Crippen molar-refractivity contribution < 1.29 is 80.2 Å². The maximum absolute atomic E-state index is 13.0. The third kappa shape index (κ3) is 65.4. The molecule has 0 heterocycles. The van der Waals surface area contributed by atoms with Crippen LogP contribution in [0.2, 0.25) is 0 Å². The van der Waals surface area contributed by atoms with E-state index in [0.717, 1.165) is 102 Å². The summed E-state index contributed by atoms with van der Waals surface area (Å²) in [5.41, 5.74) is 0. The van der Waals surface area contributed by atoms with Crippen LogP contribution in [-0.2, 0) is 65.4 Å². The summed E-state index contributed by atoms with van der Waals surface area (Å²) in [5.74, 6) is -0.556. The van der Waals surface area contributed by atoms with E-state index in [-0.39, 0.29) is 25.7 Å². The first-order chi connectivity index (χ1) is 44.4. The van der Waals surface area contributed by atoms with E-state index in [1.807, 2.05) is 0 Å². The van der Waals surface area contributed by atoms with E-state index in [0.29, 0.717) is 25.7 Å². The maximum atomic E-state index is 13.0. The highest BCUT2D eigenvalue weighted by molar-refractivity contribution is 7.47. The Morgan fingerprint density at radius 1 is 0.315 bits per heavy atom. The highest BCUT2D eigenvalue weighted by Gasteiger charge is 2.30. The van der Waals surface area contributed by atoms with Crippen molar-refractivity contribution in [3.63, 3.8) is 0 Å². The van der Waals surface area contributed by atoms with Gasteiger partial charge in [-0.3, -0.25) is 37.3 Å². The van der Waals surface area contributed by atoms with Crippen molar-refractivity contribution in [2.45, 2.75) is 394 Å². The first kappa shape index (κ1) is 90.1. The van der Waals surface area contributed by atoms with Crippen molar-refractivity contribution in [3.8, 4) is 0 Å². The Balaban J connectivity index is 5.27. The Bertz CT molecular complexity index is 1790. The van der Waals surface area contributed by atoms with E-state index in [2.05, 4.69) is 41.5 Å². The van der Waals surface area contributed by atoms with E-state index in [9.17, 15) is 43.2 Å². The molecule has 3 unspecified atom stereocenters. The van der Waals surface area contributed by atoms with Crippen molar-refractivity contribution in [2.75, 3.05) is 39.6 Å². The topological polar surface area (TPSA) is 237 Å². The summed E-state index contributed by atoms with van der Waals surface area (Å²) in [6, 6.07) is 0. The minimum absolute atomic E-state index is 0.106. The molecular weight excluding hydrogens is 1210 g/mol. The fourth-order valence-corrected chi connectivity index (χ4v) is 12.7. The lowest BCUT2D eigenvalue weighted by Crippen LogP contribution is -2.30. The van der Waals surface area contributed by atoms with Crippen LogP contribution in [0.15, 0.2) is 0 Å². The first-order valence-corrected chi connectivity index (χ1v) is 41.0. The van der Waals surface area contributed by atoms with Gasteiger partial charge < -0.3 is 33.8 Å². The van der Waals surface area contributed by atoms with Crippen LogP contribution in [-0.4, -0.2) is 96.7 Å². The lowest BCUT2D eigenvalue weighted by atomic mass is 9.99. The molecule has 0 aromatic heterocycles. The molecule has 6 atom stereocenters. The van der Waals surface area contributed by atoms with Gasteiger partial charge in [0.05, 0.1) is 26.4 Å². The highest BCUT2D eigenvalue weighted by Crippen LogP contribution is 2.45. The van der Waals surface area contributed by atoms with Crippen LogP contribution in [0.4, 0.5) is 0 Å². The molecule has 0 rings (SSSR count). The number of phosphoric acid groups is 2. The molecule has 19 heteroatoms. The normalized spacial score (nSPS) is 14.4. The lowest BCUT2D eigenvalue weighted by Gasteiger charge is -2.21. The van der Waals surface area contributed by atoms with Gasteiger partial charge in [0.2, 0.25) is 0 Å². The van der Waals surface area contributed by atoms with Crippen LogP contribution in [0.1, 0.15) is 375 Å². The van der Waals surface area contributed by atoms with Gasteiger partial charge in [0.1, 0.15) is 19.3 Å². The van der Waals surface area contributed by atoms with E-state index in [1.54, 1.807) is 0 Å². The van der Waals surface area contributed by atoms with Crippen LogP contribution < -0.4 is 0 Å². The predicted octanol–water partition coefficient (Wildman–Crippen LogP) is 21.2. The number of unbranched alkanes of at least 4 members (excludes halogenated alkanes) is 41. The quantitative estimate of drug-likeness (QED) is 0.0222. The van der Waals surface area contributed by atoms with Gasteiger partial charge in [-0.05, 0) is 37.5 Å². The van der Waals surface area contributed by atoms with E-state index in [1.165, 1.54) is 193 Å². The Morgan fingerprint density at radius 2 is 0.554 bits per heavy atom. The third-order valence-electron chi connectivity index (χ3n) is 17.3. The minimum Gasteiger partial charge on any atom is -0.462 e. The number of aliphatic hydroxyl groups is 1. The zero-order valence-corrected chi connectivity index (χ0v) is 61.6. The molecule has 0 aliphatic rings. The van der Waals surface area contributed by atoms with Gasteiger partial charge in [0.25, 0.3) is 0 Å². The maximum Gasteiger partial charge on any atom is 0.472 e. The molecule has 0 aromatic rings. The van der Waals surface area contributed by atoms with Gasteiger partial charge in [-0.1, -0.05) is 324 Å². The molecule has 546 valence electrons. The number of hydrogen-bond acceptors (Lipinski definition) is 15. The Hall–Kier alpha value is -1.94. The third-order valence-corrected chi connectivity index (χ3v) is 19.2. The average molecular weight is 1350 g/mol. The van der Waals surface area contributed by atoms with Crippen LogP contribution in [0.5, 0.6) is 0 Å². The Labute approximate surface area is 562 Å².